The largest absolute Gasteiger partial charge is 0.289 e. The molecule has 19 heavy (non-hydrogen) atoms. The summed E-state index contributed by atoms with van der Waals surface area (Å²) in [6.07, 6.45) is 0. The molecule has 0 unspecified atom stereocenters. The van der Waals surface area contributed by atoms with E-state index in [1.807, 2.05) is 0 Å². The zero-order chi connectivity index (χ0) is 14.2. The van der Waals surface area contributed by atoms with Gasteiger partial charge in [-0.15, -0.1) is 0 Å². The summed E-state index contributed by atoms with van der Waals surface area (Å²) < 4.78 is 26.3. The molecule has 0 saturated heterocycles. The van der Waals surface area contributed by atoms with Gasteiger partial charge in [-0.25, -0.2) is 8.78 Å². The lowest BCUT2D eigenvalue weighted by Crippen LogP contribution is -2.04. The first-order chi connectivity index (χ1) is 8.90. The maximum Gasteiger partial charge on any atom is 0.194 e. The number of carbonyl (C=O) groups is 1. The quantitative estimate of drug-likeness (QED) is 0.727. The predicted octanol–water partition coefficient (Wildman–Crippen LogP) is 4.81. The summed E-state index contributed by atoms with van der Waals surface area (Å²) in [5.74, 6) is -1.53. The van der Waals surface area contributed by atoms with Crippen LogP contribution in [0.15, 0.2) is 30.3 Å². The molecule has 0 spiro atoms. The Morgan fingerprint density at radius 1 is 1.00 bits per heavy atom. The Morgan fingerprint density at radius 3 is 2.32 bits per heavy atom. The second-order valence-corrected chi connectivity index (χ2v) is 4.85. The first-order valence-corrected chi connectivity index (χ1v) is 6.11. The molecule has 0 aromatic heterocycles. The van der Waals surface area contributed by atoms with E-state index in [2.05, 4.69) is 0 Å². The molecule has 98 valence electrons. The van der Waals surface area contributed by atoms with Gasteiger partial charge in [0.1, 0.15) is 11.6 Å². The van der Waals surface area contributed by atoms with E-state index in [-0.39, 0.29) is 21.2 Å². The molecule has 0 bridgehead atoms. The predicted molar refractivity (Wildman–Crippen MR) is 71.0 cm³/mol. The van der Waals surface area contributed by atoms with E-state index in [4.69, 9.17) is 23.2 Å². The molecule has 0 radical (unpaired) electrons. The Morgan fingerprint density at radius 2 is 1.68 bits per heavy atom. The normalized spacial score (nSPS) is 10.6. The molecule has 2 aromatic carbocycles. The summed E-state index contributed by atoms with van der Waals surface area (Å²) >= 11 is 11.5. The molecule has 2 aromatic rings. The molecule has 0 aliphatic rings. The molecule has 0 N–H and O–H groups in total. The van der Waals surface area contributed by atoms with E-state index < -0.39 is 17.4 Å². The number of benzene rings is 2. The molecule has 0 aliphatic carbocycles. The van der Waals surface area contributed by atoms with E-state index in [0.29, 0.717) is 5.56 Å². The van der Waals surface area contributed by atoms with Crippen LogP contribution in [0.3, 0.4) is 0 Å². The van der Waals surface area contributed by atoms with Gasteiger partial charge in [0, 0.05) is 11.1 Å². The van der Waals surface area contributed by atoms with E-state index >= 15 is 0 Å². The topological polar surface area (TPSA) is 17.1 Å². The first-order valence-electron chi connectivity index (χ1n) is 5.35. The molecule has 0 atom stereocenters. The summed E-state index contributed by atoms with van der Waals surface area (Å²) in [5, 5.41) is -0.144. The van der Waals surface area contributed by atoms with E-state index in [1.165, 1.54) is 25.1 Å². The molecular weight excluding hydrogens is 293 g/mol. The van der Waals surface area contributed by atoms with E-state index in [1.54, 1.807) is 0 Å². The second kappa shape index (κ2) is 5.27. The highest BCUT2D eigenvalue weighted by molar-refractivity contribution is 6.35. The average molecular weight is 301 g/mol. The molecule has 2 rings (SSSR count). The number of hydrogen-bond acceptors (Lipinski definition) is 1. The van der Waals surface area contributed by atoms with Gasteiger partial charge in [-0.1, -0.05) is 23.2 Å². The third kappa shape index (κ3) is 2.77. The number of ketones is 1. The highest BCUT2D eigenvalue weighted by Gasteiger charge is 2.16. The van der Waals surface area contributed by atoms with Crippen LogP contribution in [0.2, 0.25) is 10.0 Å². The van der Waals surface area contributed by atoms with Crippen LogP contribution in [-0.2, 0) is 0 Å². The fourth-order valence-corrected chi connectivity index (χ4v) is 2.04. The zero-order valence-corrected chi connectivity index (χ0v) is 11.3. The minimum Gasteiger partial charge on any atom is -0.289 e. The van der Waals surface area contributed by atoms with E-state index in [0.717, 1.165) is 12.1 Å². The van der Waals surface area contributed by atoms with Crippen molar-refractivity contribution in [2.24, 2.45) is 0 Å². The molecule has 0 saturated carbocycles. The molecule has 0 aliphatic heterocycles. The van der Waals surface area contributed by atoms with Crippen molar-refractivity contribution in [1.29, 1.82) is 0 Å². The van der Waals surface area contributed by atoms with Gasteiger partial charge in [0.2, 0.25) is 0 Å². The molecule has 1 nitrogen and oxygen atoms in total. The average Bonchev–Trinajstić information content (AvgIpc) is 2.36. The lowest BCUT2D eigenvalue weighted by Gasteiger charge is -2.06. The Bertz CT molecular complexity index is 669. The van der Waals surface area contributed by atoms with Gasteiger partial charge < -0.3 is 0 Å². The maximum absolute atomic E-state index is 13.3. The van der Waals surface area contributed by atoms with Crippen LogP contribution in [-0.4, -0.2) is 5.78 Å². The summed E-state index contributed by atoms with van der Waals surface area (Å²) in [5.41, 5.74) is 0.656. The van der Waals surface area contributed by atoms with Crippen molar-refractivity contribution in [3.63, 3.8) is 0 Å². The Kier molecular flexibility index (Phi) is 3.88. The van der Waals surface area contributed by atoms with Gasteiger partial charge in [0.25, 0.3) is 0 Å². The van der Waals surface area contributed by atoms with Crippen molar-refractivity contribution in [2.45, 2.75) is 6.92 Å². The van der Waals surface area contributed by atoms with Crippen LogP contribution in [0, 0.1) is 18.6 Å². The maximum atomic E-state index is 13.3. The van der Waals surface area contributed by atoms with Crippen molar-refractivity contribution >= 4 is 29.0 Å². The molecular formula is C14H8Cl2F2O. The van der Waals surface area contributed by atoms with Crippen LogP contribution >= 0.6 is 23.2 Å². The lowest BCUT2D eigenvalue weighted by atomic mass is 10.0. The Hall–Kier alpha value is -1.45. The minimum absolute atomic E-state index is 0.00791. The molecule has 5 heteroatoms. The van der Waals surface area contributed by atoms with Crippen molar-refractivity contribution in [3.8, 4) is 0 Å². The third-order valence-corrected chi connectivity index (χ3v) is 3.28. The first kappa shape index (κ1) is 14.0. The van der Waals surface area contributed by atoms with Crippen molar-refractivity contribution in [3.05, 3.63) is 68.7 Å². The van der Waals surface area contributed by atoms with E-state index in [9.17, 15) is 13.6 Å². The fourth-order valence-electron chi connectivity index (χ4n) is 1.62. The molecule has 0 heterocycles. The highest BCUT2D eigenvalue weighted by atomic mass is 35.5. The Labute approximate surface area is 118 Å². The number of halogens is 4. The summed E-state index contributed by atoms with van der Waals surface area (Å²) in [6.45, 7) is 1.53. The summed E-state index contributed by atoms with van der Waals surface area (Å²) in [7, 11) is 0. The minimum atomic E-state index is -0.611. The monoisotopic (exact) mass is 300 g/mol. The van der Waals surface area contributed by atoms with Gasteiger partial charge in [-0.2, -0.15) is 0 Å². The fraction of sp³-hybridized carbons (Fsp3) is 0.0714. The second-order valence-electron chi connectivity index (χ2n) is 4.04. The SMILES string of the molecule is Cc1cc(C(=O)c2ccc(F)c(Cl)c2)c(Cl)cc1F. The van der Waals surface area contributed by atoms with Crippen LogP contribution < -0.4 is 0 Å². The standard InChI is InChI=1S/C14H8Cl2F2O/c1-7-4-9(10(15)6-13(7)18)14(19)8-2-3-12(17)11(16)5-8/h2-6H,1H3. The van der Waals surface area contributed by atoms with Crippen LogP contribution in [0.4, 0.5) is 8.78 Å². The molecule has 0 fully saturated rings. The van der Waals surface area contributed by atoms with Gasteiger partial charge >= 0.3 is 0 Å². The third-order valence-electron chi connectivity index (χ3n) is 2.67. The summed E-state index contributed by atoms with van der Waals surface area (Å²) in [6, 6.07) is 6.05. The van der Waals surface area contributed by atoms with Gasteiger partial charge in [-0.3, -0.25) is 4.79 Å². The number of hydrogen-bond donors (Lipinski definition) is 0. The summed E-state index contributed by atoms with van der Waals surface area (Å²) in [4.78, 5) is 12.2. The lowest BCUT2D eigenvalue weighted by molar-refractivity contribution is 0.103. The van der Waals surface area contributed by atoms with Gasteiger partial charge in [-0.05, 0) is 42.8 Å². The highest BCUT2D eigenvalue weighted by Crippen LogP contribution is 2.25. The number of aryl methyl sites for hydroxylation is 1. The van der Waals surface area contributed by atoms with Gasteiger partial charge in [0.15, 0.2) is 5.78 Å². The number of carbonyl (C=O) groups excluding carboxylic acids is 1. The zero-order valence-electron chi connectivity index (χ0n) is 9.81. The number of rotatable bonds is 2. The van der Waals surface area contributed by atoms with Crippen LogP contribution in [0.5, 0.6) is 0 Å². The Balaban J connectivity index is 2.49. The van der Waals surface area contributed by atoms with Crippen molar-refractivity contribution < 1.29 is 13.6 Å². The van der Waals surface area contributed by atoms with Crippen LogP contribution in [0.25, 0.3) is 0 Å². The molecule has 0 amide bonds. The van der Waals surface area contributed by atoms with Crippen molar-refractivity contribution in [2.75, 3.05) is 0 Å². The van der Waals surface area contributed by atoms with Gasteiger partial charge in [0.05, 0.1) is 10.0 Å². The van der Waals surface area contributed by atoms with Crippen LogP contribution in [0.1, 0.15) is 21.5 Å². The smallest absolute Gasteiger partial charge is 0.194 e. The van der Waals surface area contributed by atoms with Crippen molar-refractivity contribution in [1.82, 2.24) is 0 Å².